The van der Waals surface area contributed by atoms with Gasteiger partial charge in [0.25, 0.3) is 0 Å². The van der Waals surface area contributed by atoms with Gasteiger partial charge in [-0.2, -0.15) is 0 Å². The van der Waals surface area contributed by atoms with Crippen molar-refractivity contribution in [3.05, 3.63) is 10.5 Å². The Bertz CT molecular complexity index is 123. The van der Waals surface area contributed by atoms with Crippen LogP contribution in [0.15, 0.2) is 10.5 Å². The van der Waals surface area contributed by atoms with Crippen LogP contribution in [0.2, 0.25) is 0 Å². The fraction of sp³-hybridized carbons (Fsp3) is 0.571. The molecule has 1 nitrogen and oxygen atoms in total. The molecule has 0 unspecified atom stereocenters. The second-order valence-electron chi connectivity index (χ2n) is 2.13. The van der Waals surface area contributed by atoms with E-state index in [2.05, 4.69) is 6.08 Å². The number of carbonyl (C=O) groups excluding carboxylic acids is 1. The molecule has 0 heterocycles. The zero-order chi connectivity index (χ0) is 7.28. The molecule has 0 bridgehead atoms. The number of hydrogen-bond acceptors (Lipinski definition) is 1. The van der Waals surface area contributed by atoms with E-state index in [1.165, 1.54) is 4.41 Å². The third-order valence-corrected chi connectivity index (χ3v) is 1.38. The van der Waals surface area contributed by atoms with Gasteiger partial charge < -0.3 is 0 Å². The molecule has 0 saturated carbocycles. The van der Waals surface area contributed by atoms with Crippen LogP contribution in [0.4, 0.5) is 0 Å². The van der Waals surface area contributed by atoms with Gasteiger partial charge in [-0.25, -0.2) is 0 Å². The second-order valence-corrected chi connectivity index (χ2v) is 3.78. The van der Waals surface area contributed by atoms with Crippen molar-refractivity contribution in [1.82, 2.24) is 0 Å². The first-order valence-corrected chi connectivity index (χ1v) is 4.05. The van der Waals surface area contributed by atoms with Crippen LogP contribution in [0.5, 0.6) is 0 Å². The first-order valence-electron chi connectivity index (χ1n) is 3.00. The molecule has 0 N–H and O–H groups in total. The van der Waals surface area contributed by atoms with Crippen LogP contribution in [0.3, 0.4) is 0 Å². The Morgan fingerprint density at radius 3 is 2.44 bits per heavy atom. The third-order valence-electron chi connectivity index (χ3n) is 0.947. The van der Waals surface area contributed by atoms with Gasteiger partial charge in [-0.15, -0.1) is 0 Å². The van der Waals surface area contributed by atoms with Crippen molar-refractivity contribution in [3.63, 3.8) is 0 Å². The summed E-state index contributed by atoms with van der Waals surface area (Å²) in [6.45, 7) is 3.67. The average Bonchev–Trinajstić information content (AvgIpc) is 1.63. The topological polar surface area (TPSA) is 17.1 Å². The molecule has 3 radical (unpaired) electrons. The van der Waals surface area contributed by atoms with Crippen molar-refractivity contribution in [1.29, 1.82) is 0 Å². The molecule has 0 rings (SSSR count). The SMILES string of the molecule is CC(=O)CC/C=[C](/C)[Ge]. The number of carbonyl (C=O) groups is 1. The maximum atomic E-state index is 10.4. The first-order chi connectivity index (χ1) is 4.13. The molecule has 0 fully saturated rings. The predicted octanol–water partition coefficient (Wildman–Crippen LogP) is 1.43. The molecule has 0 aliphatic heterocycles. The zero-order valence-corrected chi connectivity index (χ0v) is 8.00. The van der Waals surface area contributed by atoms with E-state index in [0.717, 1.165) is 6.42 Å². The molecule has 0 aromatic carbocycles. The summed E-state index contributed by atoms with van der Waals surface area (Å²) < 4.78 is 1.29. The third kappa shape index (κ3) is 7.95. The Hall–Kier alpha value is -0.0471. The van der Waals surface area contributed by atoms with Crippen molar-refractivity contribution in [3.8, 4) is 0 Å². The Kier molecular flexibility index (Phi) is 4.77. The summed E-state index contributed by atoms with van der Waals surface area (Å²) in [6, 6.07) is 0. The molecule has 0 amide bonds. The molecule has 0 aliphatic rings. The van der Waals surface area contributed by atoms with Gasteiger partial charge in [0, 0.05) is 0 Å². The van der Waals surface area contributed by atoms with Crippen molar-refractivity contribution in [2.75, 3.05) is 0 Å². The van der Waals surface area contributed by atoms with Crippen molar-refractivity contribution < 1.29 is 4.79 Å². The van der Waals surface area contributed by atoms with Gasteiger partial charge in [0.15, 0.2) is 0 Å². The molecule has 0 aromatic heterocycles. The van der Waals surface area contributed by atoms with Crippen molar-refractivity contribution in [2.24, 2.45) is 0 Å². The van der Waals surface area contributed by atoms with Crippen LogP contribution < -0.4 is 0 Å². The van der Waals surface area contributed by atoms with E-state index in [1.54, 1.807) is 6.92 Å². The summed E-state index contributed by atoms with van der Waals surface area (Å²) in [4.78, 5) is 10.4. The number of Topliss-reactive ketones (excluding diaryl/α,β-unsaturated/α-hetero) is 1. The molecule has 49 valence electrons. The van der Waals surface area contributed by atoms with Crippen LogP contribution >= 0.6 is 0 Å². The van der Waals surface area contributed by atoms with E-state index >= 15 is 0 Å². The minimum absolute atomic E-state index is 0.271. The van der Waals surface area contributed by atoms with Crippen LogP contribution in [0.25, 0.3) is 0 Å². The van der Waals surface area contributed by atoms with E-state index < -0.39 is 0 Å². The number of rotatable bonds is 3. The van der Waals surface area contributed by atoms with E-state index in [4.69, 9.17) is 0 Å². The van der Waals surface area contributed by atoms with Gasteiger partial charge in [-0.3, -0.25) is 0 Å². The fourth-order valence-corrected chi connectivity index (χ4v) is 0.795. The van der Waals surface area contributed by atoms with Crippen LogP contribution in [-0.2, 0) is 4.79 Å². The summed E-state index contributed by atoms with van der Waals surface area (Å²) in [5.74, 6) is 0.271. The second kappa shape index (κ2) is 4.80. The summed E-state index contributed by atoms with van der Waals surface area (Å²) in [5, 5.41) is 0. The molecule has 0 aliphatic carbocycles. The van der Waals surface area contributed by atoms with Gasteiger partial charge in [-0.05, 0) is 0 Å². The summed E-state index contributed by atoms with van der Waals surface area (Å²) >= 11 is 2.04. The molecule has 2 heteroatoms. The van der Waals surface area contributed by atoms with E-state index in [0.29, 0.717) is 6.42 Å². The quantitative estimate of drug-likeness (QED) is 0.606. The number of allylic oxidation sites excluding steroid dienone is 2. The first kappa shape index (κ1) is 8.95. The number of hydrogen-bond donors (Lipinski definition) is 0. The number of ketones is 1. The Morgan fingerprint density at radius 2 is 2.11 bits per heavy atom. The van der Waals surface area contributed by atoms with Gasteiger partial charge in [0.2, 0.25) is 0 Å². The van der Waals surface area contributed by atoms with Gasteiger partial charge >= 0.3 is 64.3 Å². The van der Waals surface area contributed by atoms with E-state index in [-0.39, 0.29) is 5.78 Å². The van der Waals surface area contributed by atoms with Gasteiger partial charge in [0.05, 0.1) is 0 Å². The van der Waals surface area contributed by atoms with Crippen molar-refractivity contribution in [2.45, 2.75) is 26.7 Å². The molecule has 0 atom stereocenters. The monoisotopic (exact) mass is 185 g/mol. The normalized spacial score (nSPS) is 11.7. The zero-order valence-electron chi connectivity index (χ0n) is 5.90. The molecule has 0 spiro atoms. The van der Waals surface area contributed by atoms with Gasteiger partial charge in [-0.1, -0.05) is 0 Å². The minimum atomic E-state index is 0.271. The van der Waals surface area contributed by atoms with Gasteiger partial charge in [0.1, 0.15) is 0 Å². The van der Waals surface area contributed by atoms with Crippen molar-refractivity contribution >= 4 is 22.3 Å². The Morgan fingerprint density at radius 1 is 1.56 bits per heavy atom. The predicted molar refractivity (Wildman–Crippen MR) is 39.4 cm³/mol. The Balaban J connectivity index is 3.31. The van der Waals surface area contributed by atoms with Crippen LogP contribution in [-0.4, -0.2) is 22.3 Å². The molecular formula is C7H11GeO. The van der Waals surface area contributed by atoms with E-state index in [1.807, 2.05) is 23.4 Å². The molecule has 9 heavy (non-hydrogen) atoms. The molecule has 0 saturated heterocycles. The maximum absolute atomic E-state index is 10.4. The standard InChI is InChI=1S/C7H11GeO/c1-6(8)4-3-5-7(2)9/h4H,3,5H2,1-2H3/b6-4-. The molecule has 0 aromatic rings. The van der Waals surface area contributed by atoms with Crippen LogP contribution in [0.1, 0.15) is 26.7 Å². The Labute approximate surface area is 64.7 Å². The molecular weight excluding hydrogens is 173 g/mol. The summed E-state index contributed by atoms with van der Waals surface area (Å²) in [5.41, 5.74) is 0. The summed E-state index contributed by atoms with van der Waals surface area (Å²) in [7, 11) is 0. The average molecular weight is 184 g/mol. The summed E-state index contributed by atoms with van der Waals surface area (Å²) in [6.07, 6.45) is 3.67. The fourth-order valence-electron chi connectivity index (χ4n) is 0.492. The van der Waals surface area contributed by atoms with Crippen LogP contribution in [0, 0.1) is 0 Å². The van der Waals surface area contributed by atoms with E-state index in [9.17, 15) is 4.79 Å².